The monoisotopic (exact) mass is 740 g/mol. The van der Waals surface area contributed by atoms with E-state index in [1.54, 1.807) is 0 Å². The van der Waals surface area contributed by atoms with Crippen LogP contribution in [0.25, 0.3) is 93.6 Å². The van der Waals surface area contributed by atoms with Crippen LogP contribution in [0.5, 0.6) is 0 Å². The Balaban J connectivity index is 1.13. The van der Waals surface area contributed by atoms with Gasteiger partial charge in [0.25, 0.3) is 0 Å². The molecule has 0 spiro atoms. The molecule has 0 fully saturated rings. The van der Waals surface area contributed by atoms with Gasteiger partial charge in [-0.25, -0.2) is 0 Å². The SMILES string of the molecule is c1ccc(-c2cc(N(c3ccc4oc5ccccc5c4c3)c3cccc4c3oc3ccccc34)ccc2-c2ccccc2-n2c3ccccc3c3ccccc32)cc#1. The number of anilines is 3. The molecule has 0 amide bonds. The van der Waals surface area contributed by atoms with Gasteiger partial charge in [0, 0.05) is 49.3 Å². The van der Waals surface area contributed by atoms with E-state index in [1.807, 2.05) is 36.4 Å². The van der Waals surface area contributed by atoms with Gasteiger partial charge in [0.15, 0.2) is 5.58 Å². The van der Waals surface area contributed by atoms with Crippen molar-refractivity contribution in [3.8, 4) is 27.9 Å². The highest BCUT2D eigenvalue weighted by Crippen LogP contribution is 2.47. The Hall–Kier alpha value is -8.00. The summed E-state index contributed by atoms with van der Waals surface area (Å²) >= 11 is 0. The normalized spacial score (nSPS) is 11.7. The zero-order valence-electron chi connectivity index (χ0n) is 31.2. The largest absolute Gasteiger partial charge is 0.456 e. The summed E-state index contributed by atoms with van der Waals surface area (Å²) in [4.78, 5) is 2.32. The maximum atomic E-state index is 6.71. The van der Waals surface area contributed by atoms with Crippen LogP contribution in [0.2, 0.25) is 0 Å². The van der Waals surface area contributed by atoms with Crippen LogP contribution >= 0.6 is 0 Å². The van der Waals surface area contributed by atoms with Crippen molar-refractivity contribution in [3.05, 3.63) is 206 Å². The fraction of sp³-hybridized carbons (Fsp3) is 0. The zero-order valence-corrected chi connectivity index (χ0v) is 31.2. The summed E-state index contributed by atoms with van der Waals surface area (Å²) in [7, 11) is 0. The highest BCUT2D eigenvalue weighted by atomic mass is 16.3. The molecule has 3 heterocycles. The van der Waals surface area contributed by atoms with Gasteiger partial charge in [0.2, 0.25) is 0 Å². The van der Waals surface area contributed by atoms with Crippen LogP contribution in [-0.4, -0.2) is 4.57 Å². The van der Waals surface area contributed by atoms with Gasteiger partial charge < -0.3 is 18.3 Å². The molecule has 0 unspecified atom stereocenters. The molecule has 4 heteroatoms. The van der Waals surface area contributed by atoms with E-state index in [0.29, 0.717) is 0 Å². The van der Waals surface area contributed by atoms with Gasteiger partial charge in [0.1, 0.15) is 16.7 Å². The third-order valence-electron chi connectivity index (χ3n) is 11.5. The molecule has 58 heavy (non-hydrogen) atoms. The van der Waals surface area contributed by atoms with Crippen molar-refractivity contribution in [2.75, 3.05) is 4.90 Å². The number of nitrogens with zero attached hydrogens (tertiary/aromatic N) is 2. The van der Waals surface area contributed by atoms with E-state index in [1.165, 1.54) is 21.8 Å². The summed E-state index contributed by atoms with van der Waals surface area (Å²) in [5, 5.41) is 6.75. The van der Waals surface area contributed by atoms with Gasteiger partial charge in [-0.05, 0) is 102 Å². The lowest BCUT2D eigenvalue weighted by atomic mass is 9.92. The minimum Gasteiger partial charge on any atom is -0.456 e. The smallest absolute Gasteiger partial charge is 0.159 e. The van der Waals surface area contributed by atoms with Gasteiger partial charge in [-0.15, -0.1) is 0 Å². The molecule has 0 radical (unpaired) electrons. The molecule has 0 aliphatic carbocycles. The van der Waals surface area contributed by atoms with Crippen LogP contribution in [0.4, 0.5) is 17.1 Å². The Labute approximate surface area is 334 Å². The summed E-state index contributed by atoms with van der Waals surface area (Å²) in [6.07, 6.45) is 0. The lowest BCUT2D eigenvalue weighted by Gasteiger charge is -2.27. The Bertz CT molecular complexity index is 3480. The molecule has 4 nitrogen and oxygen atoms in total. The van der Waals surface area contributed by atoms with E-state index in [2.05, 4.69) is 179 Å². The maximum absolute atomic E-state index is 6.71. The molecule has 0 saturated carbocycles. The molecule has 3 aromatic heterocycles. The quantitative estimate of drug-likeness (QED) is 0.170. The van der Waals surface area contributed by atoms with Crippen molar-refractivity contribution in [3.63, 3.8) is 0 Å². The van der Waals surface area contributed by atoms with Crippen molar-refractivity contribution in [2.45, 2.75) is 0 Å². The Morgan fingerprint density at radius 3 is 1.81 bits per heavy atom. The van der Waals surface area contributed by atoms with Crippen molar-refractivity contribution < 1.29 is 8.83 Å². The molecule has 12 aromatic rings. The summed E-state index contributed by atoms with van der Waals surface area (Å²) in [5.41, 5.74) is 14.1. The van der Waals surface area contributed by atoms with E-state index in [-0.39, 0.29) is 0 Å². The third kappa shape index (κ3) is 4.91. The molecule has 0 N–H and O–H groups in total. The maximum Gasteiger partial charge on any atom is 0.159 e. The number of hydrogen-bond donors (Lipinski definition) is 0. The summed E-state index contributed by atoms with van der Waals surface area (Å²) in [6.45, 7) is 0. The van der Waals surface area contributed by atoms with Gasteiger partial charge >= 0.3 is 0 Å². The first kappa shape index (κ1) is 32.3. The Kier molecular flexibility index (Phi) is 7.11. The predicted molar refractivity (Wildman–Crippen MR) is 239 cm³/mol. The average molecular weight is 741 g/mol. The van der Waals surface area contributed by atoms with E-state index >= 15 is 0 Å². The molecule has 12 rings (SSSR count). The lowest BCUT2D eigenvalue weighted by molar-refractivity contribution is 0.669. The second kappa shape index (κ2) is 12.8. The highest BCUT2D eigenvalue weighted by Gasteiger charge is 2.23. The topological polar surface area (TPSA) is 34.5 Å². The van der Waals surface area contributed by atoms with E-state index in [9.17, 15) is 0 Å². The first-order valence-corrected chi connectivity index (χ1v) is 19.5. The van der Waals surface area contributed by atoms with Gasteiger partial charge in [0.05, 0.1) is 22.4 Å². The minimum absolute atomic E-state index is 0.825. The summed E-state index contributed by atoms with van der Waals surface area (Å²) in [5.74, 6) is 0. The van der Waals surface area contributed by atoms with E-state index in [4.69, 9.17) is 8.83 Å². The fourth-order valence-electron chi connectivity index (χ4n) is 8.93. The predicted octanol–water partition coefficient (Wildman–Crippen LogP) is 15.0. The lowest BCUT2D eigenvalue weighted by Crippen LogP contribution is -2.10. The second-order valence-corrected chi connectivity index (χ2v) is 14.7. The molecular formula is C54H32N2O2. The van der Waals surface area contributed by atoms with Crippen LogP contribution in [0, 0.1) is 12.1 Å². The van der Waals surface area contributed by atoms with Crippen LogP contribution in [0.15, 0.2) is 203 Å². The van der Waals surface area contributed by atoms with Gasteiger partial charge in [-0.2, -0.15) is 0 Å². The highest BCUT2D eigenvalue weighted by molar-refractivity contribution is 6.12. The molecule has 270 valence electrons. The van der Waals surface area contributed by atoms with Crippen LogP contribution in [0.3, 0.4) is 0 Å². The standard InChI is InChI=1S/C54H32N2O2/c1-2-15-35(16-3-1)45-33-36(29-31-38(45)39-17-4-9-23-47(39)56-48-24-10-5-18-40(48)41-19-6-11-25-49(41)56)55(37-30-32-53-46(34-37)43-21-8-12-27-51(43)57-53)50-26-14-22-44-42-20-7-13-28-52(42)58-54(44)50/h2,4-34H. The molecular weight excluding hydrogens is 709 g/mol. The first-order valence-electron chi connectivity index (χ1n) is 19.5. The molecule has 0 saturated heterocycles. The van der Waals surface area contributed by atoms with Crippen molar-refractivity contribution in [1.82, 2.24) is 4.57 Å². The van der Waals surface area contributed by atoms with Crippen LogP contribution < -0.4 is 4.90 Å². The number of para-hydroxylation sites is 6. The van der Waals surface area contributed by atoms with Crippen molar-refractivity contribution in [1.29, 1.82) is 0 Å². The number of hydrogen-bond acceptors (Lipinski definition) is 3. The second-order valence-electron chi connectivity index (χ2n) is 14.7. The number of aromatic nitrogens is 1. The van der Waals surface area contributed by atoms with E-state index in [0.717, 1.165) is 88.9 Å². The van der Waals surface area contributed by atoms with Gasteiger partial charge in [-0.1, -0.05) is 121 Å². The van der Waals surface area contributed by atoms with Crippen LogP contribution in [0.1, 0.15) is 0 Å². The zero-order chi connectivity index (χ0) is 38.2. The van der Waals surface area contributed by atoms with Crippen LogP contribution in [-0.2, 0) is 0 Å². The van der Waals surface area contributed by atoms with Crippen molar-refractivity contribution >= 4 is 82.7 Å². The number of benzene rings is 8. The fourth-order valence-corrected chi connectivity index (χ4v) is 8.93. The molecule has 9 aromatic carbocycles. The Morgan fingerprint density at radius 1 is 0.414 bits per heavy atom. The first-order chi connectivity index (χ1) is 28.8. The number of rotatable bonds is 6. The summed E-state index contributed by atoms with van der Waals surface area (Å²) < 4.78 is 15.4. The Morgan fingerprint density at radius 2 is 1.03 bits per heavy atom. The average Bonchev–Trinajstić information content (AvgIpc) is 3.97. The van der Waals surface area contributed by atoms with Crippen molar-refractivity contribution in [2.24, 2.45) is 0 Å². The molecule has 0 aliphatic rings. The number of fused-ring (bicyclic) bond motifs is 9. The third-order valence-corrected chi connectivity index (χ3v) is 11.5. The molecule has 0 aliphatic heterocycles. The molecule has 0 bridgehead atoms. The van der Waals surface area contributed by atoms with E-state index < -0.39 is 0 Å². The summed E-state index contributed by atoms with van der Waals surface area (Å²) in [6, 6.07) is 74.7. The number of furan rings is 2. The molecule has 0 atom stereocenters. The van der Waals surface area contributed by atoms with Gasteiger partial charge in [-0.3, -0.25) is 0 Å². The minimum atomic E-state index is 0.825.